The zero-order chi connectivity index (χ0) is 13.6. The SMILES string of the molecule is CC(C)[C@@](C#N)(CC[C@@H](O)CO)c1ccccc1. The molecule has 0 fully saturated rings. The van der Waals surface area contributed by atoms with Crippen LogP contribution >= 0.6 is 0 Å². The molecule has 3 heteroatoms. The third kappa shape index (κ3) is 3.10. The highest BCUT2D eigenvalue weighted by atomic mass is 16.3. The van der Waals surface area contributed by atoms with Gasteiger partial charge in [-0.05, 0) is 24.3 Å². The number of rotatable bonds is 6. The second-order valence-corrected chi connectivity index (χ2v) is 4.98. The lowest BCUT2D eigenvalue weighted by Crippen LogP contribution is -2.32. The number of aliphatic hydroxyl groups excluding tert-OH is 2. The van der Waals surface area contributed by atoms with Gasteiger partial charge < -0.3 is 10.2 Å². The van der Waals surface area contributed by atoms with Crippen molar-refractivity contribution in [3.05, 3.63) is 35.9 Å². The van der Waals surface area contributed by atoms with E-state index < -0.39 is 11.5 Å². The summed E-state index contributed by atoms with van der Waals surface area (Å²) >= 11 is 0. The average Bonchev–Trinajstić information content (AvgIpc) is 2.40. The molecule has 0 aliphatic rings. The second kappa shape index (κ2) is 6.53. The molecular weight excluding hydrogens is 226 g/mol. The summed E-state index contributed by atoms with van der Waals surface area (Å²) in [5.41, 5.74) is 0.380. The molecule has 0 saturated carbocycles. The van der Waals surface area contributed by atoms with Crippen LogP contribution in [0.3, 0.4) is 0 Å². The zero-order valence-corrected chi connectivity index (χ0v) is 11.0. The van der Waals surface area contributed by atoms with Crippen molar-refractivity contribution in [1.29, 1.82) is 5.26 Å². The Kier molecular flexibility index (Phi) is 5.33. The van der Waals surface area contributed by atoms with Gasteiger partial charge in [-0.2, -0.15) is 5.26 Å². The predicted octanol–water partition coefficient (Wildman–Crippen LogP) is 2.24. The fourth-order valence-electron chi connectivity index (χ4n) is 2.24. The van der Waals surface area contributed by atoms with E-state index in [0.29, 0.717) is 12.8 Å². The molecule has 0 radical (unpaired) electrons. The summed E-state index contributed by atoms with van der Waals surface area (Å²) in [5.74, 6) is 0.149. The van der Waals surface area contributed by atoms with Crippen molar-refractivity contribution in [2.45, 2.75) is 38.2 Å². The number of nitriles is 1. The first-order valence-corrected chi connectivity index (χ1v) is 6.32. The minimum absolute atomic E-state index is 0.149. The molecule has 0 amide bonds. The van der Waals surface area contributed by atoms with Gasteiger partial charge in [-0.15, -0.1) is 0 Å². The standard InChI is InChI=1S/C15H21NO2/c1-12(2)15(11-16,9-8-14(18)10-17)13-6-4-3-5-7-13/h3-7,12,14,17-18H,8-10H2,1-2H3/t14-,15+/m1/s1. The Morgan fingerprint density at radius 1 is 1.28 bits per heavy atom. The maximum Gasteiger partial charge on any atom is 0.0846 e. The van der Waals surface area contributed by atoms with Crippen molar-refractivity contribution in [3.8, 4) is 6.07 Å². The predicted molar refractivity (Wildman–Crippen MR) is 70.9 cm³/mol. The molecule has 2 atom stereocenters. The molecule has 1 aromatic rings. The van der Waals surface area contributed by atoms with E-state index >= 15 is 0 Å². The van der Waals surface area contributed by atoms with E-state index in [-0.39, 0.29) is 12.5 Å². The van der Waals surface area contributed by atoms with Crippen molar-refractivity contribution < 1.29 is 10.2 Å². The summed E-state index contributed by atoms with van der Waals surface area (Å²) < 4.78 is 0. The minimum Gasteiger partial charge on any atom is -0.394 e. The Morgan fingerprint density at radius 3 is 2.33 bits per heavy atom. The van der Waals surface area contributed by atoms with Gasteiger partial charge in [0.2, 0.25) is 0 Å². The van der Waals surface area contributed by atoms with Crippen LogP contribution in [0.5, 0.6) is 0 Å². The van der Waals surface area contributed by atoms with E-state index in [2.05, 4.69) is 6.07 Å². The van der Waals surface area contributed by atoms with E-state index in [0.717, 1.165) is 5.56 Å². The molecule has 98 valence electrons. The summed E-state index contributed by atoms with van der Waals surface area (Å²) in [6.45, 7) is 3.78. The van der Waals surface area contributed by atoms with Crippen LogP contribution in [0.4, 0.5) is 0 Å². The molecule has 0 unspecified atom stereocenters. The third-order valence-electron chi connectivity index (χ3n) is 3.56. The van der Waals surface area contributed by atoms with E-state index in [9.17, 15) is 10.4 Å². The van der Waals surface area contributed by atoms with Crippen LogP contribution in [0.1, 0.15) is 32.3 Å². The first kappa shape index (κ1) is 14.7. The summed E-state index contributed by atoms with van der Waals surface area (Å²) in [5, 5.41) is 28.0. The zero-order valence-electron chi connectivity index (χ0n) is 11.0. The monoisotopic (exact) mass is 247 g/mol. The summed E-state index contributed by atoms with van der Waals surface area (Å²) in [4.78, 5) is 0. The van der Waals surface area contributed by atoms with Gasteiger partial charge in [0.1, 0.15) is 0 Å². The molecule has 1 rings (SSSR count). The molecule has 0 bridgehead atoms. The molecule has 0 aromatic heterocycles. The van der Waals surface area contributed by atoms with E-state index in [1.165, 1.54) is 0 Å². The first-order valence-electron chi connectivity index (χ1n) is 6.32. The lowest BCUT2D eigenvalue weighted by atomic mass is 9.69. The fourth-order valence-corrected chi connectivity index (χ4v) is 2.24. The highest BCUT2D eigenvalue weighted by molar-refractivity contribution is 5.33. The van der Waals surface area contributed by atoms with Crippen molar-refractivity contribution in [3.63, 3.8) is 0 Å². The second-order valence-electron chi connectivity index (χ2n) is 4.98. The van der Waals surface area contributed by atoms with Gasteiger partial charge in [0.25, 0.3) is 0 Å². The van der Waals surface area contributed by atoms with E-state index in [4.69, 9.17) is 5.11 Å². The van der Waals surface area contributed by atoms with Crippen LogP contribution in [0, 0.1) is 17.2 Å². The average molecular weight is 247 g/mol. The maximum absolute atomic E-state index is 9.59. The van der Waals surface area contributed by atoms with Crippen LogP contribution in [-0.2, 0) is 5.41 Å². The van der Waals surface area contributed by atoms with E-state index in [1.54, 1.807) is 0 Å². The number of benzene rings is 1. The smallest absolute Gasteiger partial charge is 0.0846 e. The Morgan fingerprint density at radius 2 is 1.89 bits per heavy atom. The van der Waals surface area contributed by atoms with Gasteiger partial charge in [-0.25, -0.2) is 0 Å². The van der Waals surface area contributed by atoms with Crippen molar-refractivity contribution in [2.75, 3.05) is 6.61 Å². The topological polar surface area (TPSA) is 64.2 Å². The quantitative estimate of drug-likeness (QED) is 0.810. The molecule has 18 heavy (non-hydrogen) atoms. The Hall–Kier alpha value is -1.37. The molecular formula is C15H21NO2. The van der Waals surface area contributed by atoms with Crippen LogP contribution in [0.25, 0.3) is 0 Å². The molecule has 0 spiro atoms. The minimum atomic E-state index is -0.750. The van der Waals surface area contributed by atoms with Gasteiger partial charge in [0.15, 0.2) is 0 Å². The Bertz CT molecular complexity index is 397. The first-order chi connectivity index (χ1) is 8.56. The Balaban J connectivity index is 3.00. The van der Waals surface area contributed by atoms with Gasteiger partial charge >= 0.3 is 0 Å². The molecule has 0 aliphatic carbocycles. The van der Waals surface area contributed by atoms with Crippen molar-refractivity contribution in [2.24, 2.45) is 5.92 Å². The molecule has 1 aromatic carbocycles. The molecule has 0 aliphatic heterocycles. The number of hydrogen-bond donors (Lipinski definition) is 2. The van der Waals surface area contributed by atoms with Crippen LogP contribution in [-0.4, -0.2) is 22.9 Å². The van der Waals surface area contributed by atoms with E-state index in [1.807, 2.05) is 44.2 Å². The lowest BCUT2D eigenvalue weighted by Gasteiger charge is -2.32. The lowest BCUT2D eigenvalue weighted by molar-refractivity contribution is 0.0804. The molecule has 2 N–H and O–H groups in total. The summed E-state index contributed by atoms with van der Waals surface area (Å²) in [6.07, 6.45) is 0.226. The summed E-state index contributed by atoms with van der Waals surface area (Å²) in [6, 6.07) is 12.1. The van der Waals surface area contributed by atoms with Gasteiger partial charge in [-0.3, -0.25) is 0 Å². The summed E-state index contributed by atoms with van der Waals surface area (Å²) in [7, 11) is 0. The Labute approximate surface area is 109 Å². The normalized spacial score (nSPS) is 16.0. The van der Waals surface area contributed by atoms with Crippen molar-refractivity contribution in [1.82, 2.24) is 0 Å². The van der Waals surface area contributed by atoms with Crippen LogP contribution < -0.4 is 0 Å². The van der Waals surface area contributed by atoms with Gasteiger partial charge in [-0.1, -0.05) is 44.2 Å². The number of hydrogen-bond acceptors (Lipinski definition) is 3. The van der Waals surface area contributed by atoms with Gasteiger partial charge in [0.05, 0.1) is 24.2 Å². The molecule has 0 heterocycles. The van der Waals surface area contributed by atoms with Crippen LogP contribution in [0.15, 0.2) is 30.3 Å². The highest BCUT2D eigenvalue weighted by Crippen LogP contribution is 2.36. The molecule has 3 nitrogen and oxygen atoms in total. The number of nitrogens with zero attached hydrogens (tertiary/aromatic N) is 1. The van der Waals surface area contributed by atoms with Crippen molar-refractivity contribution >= 4 is 0 Å². The third-order valence-corrected chi connectivity index (χ3v) is 3.56. The largest absolute Gasteiger partial charge is 0.394 e. The molecule has 0 saturated heterocycles. The van der Waals surface area contributed by atoms with Crippen LogP contribution in [0.2, 0.25) is 0 Å². The van der Waals surface area contributed by atoms with Gasteiger partial charge in [0, 0.05) is 0 Å². The highest BCUT2D eigenvalue weighted by Gasteiger charge is 2.35. The fraction of sp³-hybridized carbons (Fsp3) is 0.533. The maximum atomic E-state index is 9.59. The number of aliphatic hydroxyl groups is 2.